The second-order valence-electron chi connectivity index (χ2n) is 6.03. The molecule has 2 atom stereocenters. The summed E-state index contributed by atoms with van der Waals surface area (Å²) in [5.41, 5.74) is 7.58. The number of sulfone groups is 1. The smallest absolute Gasteiger partial charge is 0.251 e. The molecule has 5 nitrogen and oxygen atoms in total. The minimum atomic E-state index is -2.90. The van der Waals surface area contributed by atoms with E-state index in [0.29, 0.717) is 24.3 Å². The lowest BCUT2D eigenvalue weighted by Crippen LogP contribution is -2.40. The quantitative estimate of drug-likeness (QED) is 0.864. The summed E-state index contributed by atoms with van der Waals surface area (Å²) in [7, 11) is -2.90. The van der Waals surface area contributed by atoms with Gasteiger partial charge in [0, 0.05) is 23.6 Å². The van der Waals surface area contributed by atoms with E-state index in [0.717, 1.165) is 12.0 Å². The molecule has 21 heavy (non-hydrogen) atoms. The summed E-state index contributed by atoms with van der Waals surface area (Å²) in [5.74, 6) is 0.567. The van der Waals surface area contributed by atoms with Gasteiger partial charge >= 0.3 is 0 Å². The molecule has 0 spiro atoms. The molecule has 2 aliphatic rings. The molecule has 114 valence electrons. The van der Waals surface area contributed by atoms with Gasteiger partial charge in [-0.2, -0.15) is 0 Å². The summed E-state index contributed by atoms with van der Waals surface area (Å²) in [6.45, 7) is 0. The molecule has 6 heteroatoms. The number of hydrogen-bond acceptors (Lipinski definition) is 4. The van der Waals surface area contributed by atoms with Gasteiger partial charge in [-0.05, 0) is 37.0 Å². The van der Waals surface area contributed by atoms with Crippen molar-refractivity contribution in [2.24, 2.45) is 5.73 Å². The molecule has 3 rings (SSSR count). The highest BCUT2D eigenvalue weighted by Gasteiger charge is 2.35. The Balaban J connectivity index is 1.63. The van der Waals surface area contributed by atoms with Gasteiger partial charge in [0.05, 0.1) is 11.5 Å². The number of carbonyl (C=O) groups is 1. The summed E-state index contributed by atoms with van der Waals surface area (Å²) >= 11 is 0. The molecule has 1 saturated carbocycles. The molecule has 1 amide bonds. The van der Waals surface area contributed by atoms with Crippen LogP contribution < -0.4 is 11.1 Å². The first-order valence-corrected chi connectivity index (χ1v) is 9.13. The zero-order valence-electron chi connectivity index (χ0n) is 11.8. The van der Waals surface area contributed by atoms with E-state index in [1.54, 1.807) is 6.07 Å². The fourth-order valence-electron chi connectivity index (χ4n) is 2.81. The van der Waals surface area contributed by atoms with Gasteiger partial charge in [-0.15, -0.1) is 0 Å². The van der Waals surface area contributed by atoms with Crippen LogP contribution >= 0.6 is 0 Å². The summed E-state index contributed by atoms with van der Waals surface area (Å²) in [4.78, 5) is 12.3. The highest BCUT2D eigenvalue weighted by molar-refractivity contribution is 7.91. The number of carbonyl (C=O) groups excluding carboxylic acids is 1. The zero-order chi connectivity index (χ0) is 15.0. The molecule has 1 aromatic carbocycles. The van der Waals surface area contributed by atoms with Crippen molar-refractivity contribution in [2.45, 2.75) is 37.3 Å². The topological polar surface area (TPSA) is 89.3 Å². The van der Waals surface area contributed by atoms with Gasteiger partial charge in [0.2, 0.25) is 0 Å². The highest BCUT2D eigenvalue weighted by Crippen LogP contribution is 2.39. The lowest BCUT2D eigenvalue weighted by Gasteiger charge is -2.23. The maximum absolute atomic E-state index is 12.3. The Bertz CT molecular complexity index is 643. The van der Waals surface area contributed by atoms with E-state index in [4.69, 9.17) is 5.73 Å². The number of nitrogens with two attached hydrogens (primary N) is 1. The van der Waals surface area contributed by atoms with Crippen LogP contribution in [0.5, 0.6) is 0 Å². The summed E-state index contributed by atoms with van der Waals surface area (Å²) < 4.78 is 22.8. The minimum Gasteiger partial charge on any atom is -0.349 e. The lowest BCUT2D eigenvalue weighted by atomic mass is 10.1. The van der Waals surface area contributed by atoms with E-state index in [1.807, 2.05) is 18.2 Å². The van der Waals surface area contributed by atoms with E-state index in [9.17, 15) is 13.2 Å². The van der Waals surface area contributed by atoms with Crippen LogP contribution in [-0.4, -0.2) is 37.9 Å². The van der Waals surface area contributed by atoms with E-state index in [-0.39, 0.29) is 29.5 Å². The Kier molecular flexibility index (Phi) is 3.75. The third-order valence-electron chi connectivity index (χ3n) is 4.31. The first-order chi connectivity index (χ1) is 9.94. The number of hydrogen-bond donors (Lipinski definition) is 2. The monoisotopic (exact) mass is 308 g/mol. The predicted molar refractivity (Wildman–Crippen MR) is 80.9 cm³/mol. The molecule has 1 aromatic rings. The predicted octanol–water partition coefficient (Wildman–Crippen LogP) is 0.808. The molecule has 0 unspecified atom stereocenters. The van der Waals surface area contributed by atoms with Gasteiger partial charge in [0.15, 0.2) is 0 Å². The summed E-state index contributed by atoms with van der Waals surface area (Å²) in [6, 6.07) is 7.72. The molecule has 2 fully saturated rings. The van der Waals surface area contributed by atoms with Crippen LogP contribution in [0.3, 0.4) is 0 Å². The molecular formula is C15H20N2O3S. The number of nitrogens with one attached hydrogen (secondary N) is 1. The Morgan fingerprint density at radius 3 is 2.52 bits per heavy atom. The first kappa shape index (κ1) is 14.5. The molecular weight excluding hydrogens is 288 g/mol. The summed E-state index contributed by atoms with van der Waals surface area (Å²) in [6.07, 6.45) is 1.98. The van der Waals surface area contributed by atoms with E-state index in [1.165, 1.54) is 0 Å². The van der Waals surface area contributed by atoms with Crippen molar-refractivity contribution in [3.8, 4) is 0 Å². The van der Waals surface area contributed by atoms with Crippen molar-refractivity contribution in [1.82, 2.24) is 5.32 Å². The Morgan fingerprint density at radius 1 is 1.24 bits per heavy atom. The van der Waals surface area contributed by atoms with Crippen LogP contribution in [-0.2, 0) is 9.84 Å². The van der Waals surface area contributed by atoms with Gasteiger partial charge in [-0.25, -0.2) is 8.42 Å². The zero-order valence-corrected chi connectivity index (χ0v) is 12.6. The van der Waals surface area contributed by atoms with Gasteiger partial charge in [-0.1, -0.05) is 12.1 Å². The number of benzene rings is 1. The minimum absolute atomic E-state index is 0.0483. The van der Waals surface area contributed by atoms with Crippen molar-refractivity contribution in [3.05, 3.63) is 35.4 Å². The first-order valence-electron chi connectivity index (χ1n) is 7.31. The molecule has 0 aromatic heterocycles. The van der Waals surface area contributed by atoms with Gasteiger partial charge in [-0.3, -0.25) is 4.79 Å². The average molecular weight is 308 g/mol. The fraction of sp³-hybridized carbons (Fsp3) is 0.533. The van der Waals surface area contributed by atoms with Gasteiger partial charge in [0.1, 0.15) is 9.84 Å². The van der Waals surface area contributed by atoms with Crippen LogP contribution in [0.15, 0.2) is 24.3 Å². The Hall–Kier alpha value is -1.40. The van der Waals surface area contributed by atoms with Crippen molar-refractivity contribution in [3.63, 3.8) is 0 Å². The fourth-order valence-corrected chi connectivity index (χ4v) is 4.30. The van der Waals surface area contributed by atoms with Crippen molar-refractivity contribution in [1.29, 1.82) is 0 Å². The number of amides is 1. The molecule has 1 heterocycles. The number of rotatable bonds is 3. The van der Waals surface area contributed by atoms with Crippen molar-refractivity contribution >= 4 is 15.7 Å². The van der Waals surface area contributed by atoms with E-state index in [2.05, 4.69) is 5.32 Å². The maximum Gasteiger partial charge on any atom is 0.251 e. The summed E-state index contributed by atoms with van der Waals surface area (Å²) in [5, 5.41) is 2.94. The SMILES string of the molecule is N[C@@H]1C[C@H]1c1cccc(C(=O)NC2CCS(=O)(=O)CC2)c1. The molecule has 1 aliphatic heterocycles. The van der Waals surface area contributed by atoms with Gasteiger partial charge < -0.3 is 11.1 Å². The standard InChI is InChI=1S/C15H20N2O3S/c16-14-9-13(14)10-2-1-3-11(8-10)15(18)17-12-4-6-21(19,20)7-5-12/h1-3,8,12-14H,4-7,9,16H2,(H,17,18)/t13-,14+/m0/s1. The second-order valence-corrected chi connectivity index (χ2v) is 8.33. The molecule has 1 saturated heterocycles. The molecule has 0 radical (unpaired) electrons. The van der Waals surface area contributed by atoms with Crippen LogP contribution in [0, 0.1) is 0 Å². The third-order valence-corrected chi connectivity index (χ3v) is 6.02. The van der Waals surface area contributed by atoms with Crippen molar-refractivity contribution in [2.75, 3.05) is 11.5 Å². The second kappa shape index (κ2) is 5.42. The molecule has 3 N–H and O–H groups in total. The van der Waals surface area contributed by atoms with Crippen LogP contribution in [0.2, 0.25) is 0 Å². The largest absolute Gasteiger partial charge is 0.349 e. The van der Waals surface area contributed by atoms with Crippen LogP contribution in [0.1, 0.15) is 41.1 Å². The third kappa shape index (κ3) is 3.44. The van der Waals surface area contributed by atoms with Crippen LogP contribution in [0.4, 0.5) is 0 Å². The van der Waals surface area contributed by atoms with Crippen LogP contribution in [0.25, 0.3) is 0 Å². The lowest BCUT2D eigenvalue weighted by molar-refractivity contribution is 0.0934. The Labute approximate surface area is 124 Å². The normalized spacial score (nSPS) is 28.0. The highest BCUT2D eigenvalue weighted by atomic mass is 32.2. The van der Waals surface area contributed by atoms with Crippen molar-refractivity contribution < 1.29 is 13.2 Å². The Morgan fingerprint density at radius 2 is 1.90 bits per heavy atom. The maximum atomic E-state index is 12.3. The van der Waals surface area contributed by atoms with E-state index < -0.39 is 9.84 Å². The van der Waals surface area contributed by atoms with Gasteiger partial charge in [0.25, 0.3) is 5.91 Å². The average Bonchev–Trinajstić information content (AvgIpc) is 3.18. The molecule has 1 aliphatic carbocycles. The van der Waals surface area contributed by atoms with E-state index >= 15 is 0 Å². The molecule has 0 bridgehead atoms.